The molecule has 0 aliphatic carbocycles. The Bertz CT molecular complexity index is 2430. The molecule has 3 aliphatic rings. The average Bonchev–Trinajstić information content (AvgIpc) is 4.02. The van der Waals surface area contributed by atoms with Gasteiger partial charge >= 0.3 is 5.97 Å². The molecule has 15 heteroatoms. The lowest BCUT2D eigenvalue weighted by Crippen LogP contribution is -2.60. The van der Waals surface area contributed by atoms with Crippen LogP contribution in [0.15, 0.2) is 127 Å². The summed E-state index contributed by atoms with van der Waals surface area (Å²) in [6.45, 7) is 0.190. The number of carboxylic acid groups (broad SMARTS) is 1. The number of anilines is 1. The third kappa shape index (κ3) is 12.1. The number of amides is 6. The summed E-state index contributed by atoms with van der Waals surface area (Å²) in [5.74, 6) is -4.75. The number of rotatable bonds is 9. The van der Waals surface area contributed by atoms with E-state index >= 15 is 0 Å². The first-order chi connectivity index (χ1) is 31.0. The van der Waals surface area contributed by atoms with Gasteiger partial charge in [0, 0.05) is 55.6 Å². The maximum absolute atomic E-state index is 14.7. The molecule has 330 valence electrons. The number of thiophene rings is 1. The fourth-order valence-corrected chi connectivity index (χ4v) is 8.74. The molecule has 1 aromatic heterocycles. The van der Waals surface area contributed by atoms with Crippen molar-refractivity contribution in [2.24, 2.45) is 0 Å². The SMILES string of the molecule is O=C1CCC(=O)N[C@H](Cc2cccs2)C(=O)N[C@@H](Cc2ccc(-c3ccccc3)cc2)C(=O)N[C@H](Cc2ccccc2)C(=O)N[C@@H](C(=O)N2CCC[C@@H]2C(=O)O)Cc2ccc(cc2)N1. The summed E-state index contributed by atoms with van der Waals surface area (Å²) in [4.78, 5) is 98.5. The molecular weight excluding hydrogens is 833 g/mol. The van der Waals surface area contributed by atoms with Crippen molar-refractivity contribution in [3.8, 4) is 11.1 Å². The second-order valence-electron chi connectivity index (χ2n) is 16.0. The van der Waals surface area contributed by atoms with E-state index in [4.69, 9.17) is 0 Å². The second kappa shape index (κ2) is 21.3. The van der Waals surface area contributed by atoms with E-state index in [9.17, 15) is 38.7 Å². The van der Waals surface area contributed by atoms with Crippen molar-refractivity contribution in [1.82, 2.24) is 26.2 Å². The molecule has 8 rings (SSSR count). The van der Waals surface area contributed by atoms with E-state index < -0.39 is 71.6 Å². The molecule has 3 aliphatic heterocycles. The summed E-state index contributed by atoms with van der Waals surface area (Å²) < 4.78 is 0. The van der Waals surface area contributed by atoms with Crippen molar-refractivity contribution in [2.45, 2.75) is 81.6 Å². The Morgan fingerprint density at radius 3 is 1.81 bits per heavy atom. The summed E-state index contributed by atoms with van der Waals surface area (Å²) in [6, 6.07) is 30.7. The van der Waals surface area contributed by atoms with Crippen LogP contribution >= 0.6 is 11.3 Å². The van der Waals surface area contributed by atoms with Crippen LogP contribution in [-0.4, -0.2) is 88.2 Å². The number of carbonyl (C=O) groups excluding carboxylic acids is 6. The minimum atomic E-state index is -1.26. The van der Waals surface area contributed by atoms with Crippen LogP contribution in [0.4, 0.5) is 5.69 Å². The standard InChI is InChI=1S/C49H50N6O8S/c56-43-23-24-44(57)51-40(30-37-13-8-26-64-37)47(60)53-39(28-32-15-19-35(20-16-32)34-11-5-2-6-12-34)45(58)52-38(27-31-9-3-1-4-10-31)46(59)54-41(29-33-17-21-36(50-43)22-18-33)48(61)55-25-7-14-42(55)49(62)63/h1-6,8-13,15-22,26,38-42H,7,14,23-25,27-30H2,(H,50,56)(H,51,57)(H,52,58)(H,53,60)(H,54,59)(H,62,63)/t38-,39+,40-,41-,42-/m1/s1. The molecule has 6 N–H and O–H groups in total. The van der Waals surface area contributed by atoms with Gasteiger partial charge in [0.1, 0.15) is 30.2 Å². The first-order valence-electron chi connectivity index (χ1n) is 21.3. The molecule has 14 nitrogen and oxygen atoms in total. The predicted molar refractivity (Wildman–Crippen MR) is 242 cm³/mol. The summed E-state index contributed by atoms with van der Waals surface area (Å²) in [7, 11) is 0. The van der Waals surface area contributed by atoms with Crippen LogP contribution in [0.1, 0.15) is 47.3 Å². The van der Waals surface area contributed by atoms with Gasteiger partial charge in [-0.1, -0.05) is 103 Å². The summed E-state index contributed by atoms with van der Waals surface area (Å²) in [5.41, 5.74) is 4.38. The highest BCUT2D eigenvalue weighted by Crippen LogP contribution is 2.23. The second-order valence-corrected chi connectivity index (χ2v) is 17.1. The highest BCUT2D eigenvalue weighted by atomic mass is 32.1. The molecule has 1 fully saturated rings. The van der Waals surface area contributed by atoms with Gasteiger partial charge in [-0.25, -0.2) is 4.79 Å². The maximum atomic E-state index is 14.7. The van der Waals surface area contributed by atoms with Crippen molar-refractivity contribution in [1.29, 1.82) is 0 Å². The highest BCUT2D eigenvalue weighted by Gasteiger charge is 2.39. The summed E-state index contributed by atoms with van der Waals surface area (Å²) >= 11 is 1.40. The zero-order valence-corrected chi connectivity index (χ0v) is 35.9. The number of carboxylic acids is 1. The first kappa shape index (κ1) is 44.9. The number of aliphatic carboxylic acids is 1. The van der Waals surface area contributed by atoms with Crippen LogP contribution in [0.25, 0.3) is 11.1 Å². The lowest BCUT2D eigenvalue weighted by Gasteiger charge is -2.29. The Labute approximate surface area is 374 Å². The third-order valence-electron chi connectivity index (χ3n) is 11.4. The molecule has 64 heavy (non-hydrogen) atoms. The van der Waals surface area contributed by atoms with Crippen LogP contribution in [0.5, 0.6) is 0 Å². The minimum Gasteiger partial charge on any atom is -0.480 e. The van der Waals surface area contributed by atoms with E-state index in [0.29, 0.717) is 28.8 Å². The average molecular weight is 883 g/mol. The number of likely N-dealkylation sites (tertiary alicyclic amines) is 1. The number of hydrogen-bond donors (Lipinski definition) is 6. The number of fused-ring (bicyclic) bond motifs is 18. The Morgan fingerprint density at radius 2 is 1.19 bits per heavy atom. The molecule has 4 aromatic carbocycles. The van der Waals surface area contributed by atoms with E-state index in [-0.39, 0.29) is 51.5 Å². The van der Waals surface area contributed by atoms with E-state index in [2.05, 4.69) is 26.6 Å². The Kier molecular flexibility index (Phi) is 14.9. The van der Waals surface area contributed by atoms with Crippen molar-refractivity contribution in [3.63, 3.8) is 0 Å². The van der Waals surface area contributed by atoms with E-state index in [1.807, 2.05) is 78.2 Å². The Morgan fingerprint density at radius 1 is 0.609 bits per heavy atom. The molecule has 0 radical (unpaired) electrons. The van der Waals surface area contributed by atoms with Gasteiger partial charge in [0.2, 0.25) is 35.4 Å². The number of hydrogen-bond acceptors (Lipinski definition) is 8. The van der Waals surface area contributed by atoms with Gasteiger partial charge in [-0.15, -0.1) is 11.3 Å². The molecular formula is C49H50N6O8S. The predicted octanol–water partition coefficient (Wildman–Crippen LogP) is 4.43. The van der Waals surface area contributed by atoms with Gasteiger partial charge in [0.05, 0.1) is 0 Å². The number of benzene rings is 4. The monoisotopic (exact) mass is 882 g/mol. The summed E-state index contributed by atoms with van der Waals surface area (Å²) in [5, 5.41) is 26.0. The number of nitrogens with zero attached hydrogens (tertiary/aromatic N) is 1. The molecule has 6 amide bonds. The van der Waals surface area contributed by atoms with Crippen LogP contribution in [0.3, 0.4) is 0 Å². The zero-order valence-electron chi connectivity index (χ0n) is 35.0. The third-order valence-corrected chi connectivity index (χ3v) is 12.3. The van der Waals surface area contributed by atoms with Gasteiger partial charge in [-0.3, -0.25) is 28.8 Å². The van der Waals surface area contributed by atoms with Gasteiger partial charge in [-0.2, -0.15) is 0 Å². The quantitative estimate of drug-likeness (QED) is 0.117. The normalized spacial score (nSPS) is 21.4. The van der Waals surface area contributed by atoms with Gasteiger partial charge in [0.15, 0.2) is 0 Å². The molecule has 0 unspecified atom stereocenters. The van der Waals surface area contributed by atoms with E-state index in [1.165, 1.54) is 16.2 Å². The minimum absolute atomic E-state index is 0.00856. The van der Waals surface area contributed by atoms with Crippen LogP contribution in [0.2, 0.25) is 0 Å². The van der Waals surface area contributed by atoms with Crippen molar-refractivity contribution >= 4 is 58.4 Å². The maximum Gasteiger partial charge on any atom is 0.326 e. The molecule has 0 saturated carbocycles. The van der Waals surface area contributed by atoms with Gasteiger partial charge in [-0.05, 0) is 64.2 Å². The smallest absolute Gasteiger partial charge is 0.326 e. The molecule has 0 spiro atoms. The number of nitrogens with one attached hydrogen (secondary N) is 5. The Hall–Kier alpha value is -7.13. The molecule has 4 heterocycles. The first-order valence-corrected chi connectivity index (χ1v) is 22.2. The lowest BCUT2D eigenvalue weighted by atomic mass is 9.99. The lowest BCUT2D eigenvalue weighted by molar-refractivity contribution is -0.149. The van der Waals surface area contributed by atoms with E-state index in [0.717, 1.165) is 16.0 Å². The van der Waals surface area contributed by atoms with Crippen LogP contribution < -0.4 is 26.6 Å². The summed E-state index contributed by atoms with van der Waals surface area (Å²) in [6.07, 6.45) is 0.438. The largest absolute Gasteiger partial charge is 0.480 e. The van der Waals surface area contributed by atoms with Crippen LogP contribution in [-0.2, 0) is 59.2 Å². The molecule has 1 saturated heterocycles. The molecule has 5 atom stereocenters. The highest BCUT2D eigenvalue weighted by molar-refractivity contribution is 7.09. The van der Waals surface area contributed by atoms with Crippen LogP contribution in [0, 0.1) is 0 Å². The molecule has 5 aromatic rings. The van der Waals surface area contributed by atoms with Crippen molar-refractivity contribution < 1.29 is 38.7 Å². The zero-order chi connectivity index (χ0) is 45.0. The van der Waals surface area contributed by atoms with Gasteiger partial charge < -0.3 is 36.6 Å². The van der Waals surface area contributed by atoms with Crippen molar-refractivity contribution in [2.75, 3.05) is 11.9 Å². The topological polar surface area (TPSA) is 203 Å². The fourth-order valence-electron chi connectivity index (χ4n) is 7.99. The van der Waals surface area contributed by atoms with E-state index in [1.54, 1.807) is 48.5 Å². The van der Waals surface area contributed by atoms with Gasteiger partial charge in [0.25, 0.3) is 0 Å². The van der Waals surface area contributed by atoms with Crippen molar-refractivity contribution in [3.05, 3.63) is 148 Å². The number of carbonyl (C=O) groups is 7. The fraction of sp³-hybridized carbons (Fsp3) is 0.286. The Balaban J connectivity index is 1.24. The molecule has 2 bridgehead atoms.